The van der Waals surface area contributed by atoms with Gasteiger partial charge < -0.3 is 10.4 Å². The summed E-state index contributed by atoms with van der Waals surface area (Å²) in [6, 6.07) is 8.46. The smallest absolute Gasteiger partial charge is 0.303 e. The number of anilines is 1. The molecule has 1 unspecified atom stereocenters. The van der Waals surface area contributed by atoms with Crippen molar-refractivity contribution in [1.29, 1.82) is 0 Å². The van der Waals surface area contributed by atoms with E-state index in [4.69, 9.17) is 5.11 Å². The highest BCUT2D eigenvalue weighted by Gasteiger charge is 2.08. The fraction of sp³-hybridized carbons (Fsp3) is 0.357. The number of carbonyl (C=O) groups is 1. The van der Waals surface area contributed by atoms with Crippen molar-refractivity contribution < 1.29 is 9.90 Å². The molecule has 1 aliphatic rings. The Bertz CT molecular complexity index is 409. The molecule has 0 saturated heterocycles. The van der Waals surface area contributed by atoms with Gasteiger partial charge in [0.25, 0.3) is 0 Å². The van der Waals surface area contributed by atoms with Crippen molar-refractivity contribution >= 4 is 11.7 Å². The Morgan fingerprint density at radius 2 is 2.12 bits per heavy atom. The van der Waals surface area contributed by atoms with Gasteiger partial charge in [-0.3, -0.25) is 4.79 Å². The van der Waals surface area contributed by atoms with Crippen molar-refractivity contribution in [1.82, 2.24) is 0 Å². The second-order valence-corrected chi connectivity index (χ2v) is 4.35. The van der Waals surface area contributed by atoms with Crippen LogP contribution in [0.5, 0.6) is 0 Å². The molecule has 2 N–H and O–H groups in total. The van der Waals surface area contributed by atoms with Crippen molar-refractivity contribution in [2.24, 2.45) is 0 Å². The van der Waals surface area contributed by atoms with E-state index in [-0.39, 0.29) is 6.42 Å². The summed E-state index contributed by atoms with van der Waals surface area (Å²) < 4.78 is 0. The normalized spacial score (nSPS) is 18.2. The van der Waals surface area contributed by atoms with Gasteiger partial charge in [0, 0.05) is 18.2 Å². The van der Waals surface area contributed by atoms with Crippen LogP contribution in [-0.4, -0.2) is 17.1 Å². The summed E-state index contributed by atoms with van der Waals surface area (Å²) in [5, 5.41) is 12.0. The van der Waals surface area contributed by atoms with E-state index >= 15 is 0 Å². The minimum Gasteiger partial charge on any atom is -0.481 e. The molecule has 2 rings (SSSR count). The number of hydrogen-bond donors (Lipinski definition) is 2. The van der Waals surface area contributed by atoms with Crippen LogP contribution in [-0.2, 0) is 11.2 Å². The Morgan fingerprint density at radius 3 is 2.71 bits per heavy atom. The molecule has 3 heteroatoms. The summed E-state index contributed by atoms with van der Waals surface area (Å²) in [5.41, 5.74) is 2.17. The van der Waals surface area contributed by atoms with Crippen LogP contribution in [0.15, 0.2) is 36.4 Å². The van der Waals surface area contributed by atoms with Gasteiger partial charge in [-0.2, -0.15) is 0 Å². The van der Waals surface area contributed by atoms with Crippen LogP contribution in [0.2, 0.25) is 0 Å². The molecule has 1 aliphatic carbocycles. The lowest BCUT2D eigenvalue weighted by atomic mass is 10.1. The van der Waals surface area contributed by atoms with Crippen LogP contribution in [0.3, 0.4) is 0 Å². The predicted molar refractivity (Wildman–Crippen MR) is 68.2 cm³/mol. The number of allylic oxidation sites excluding steroid dienone is 1. The zero-order chi connectivity index (χ0) is 12.1. The van der Waals surface area contributed by atoms with E-state index in [9.17, 15) is 4.79 Å². The highest BCUT2D eigenvalue weighted by molar-refractivity contribution is 5.67. The number of carboxylic acids is 1. The van der Waals surface area contributed by atoms with Crippen molar-refractivity contribution in [2.75, 3.05) is 5.32 Å². The maximum absolute atomic E-state index is 10.4. The second-order valence-electron chi connectivity index (χ2n) is 4.35. The largest absolute Gasteiger partial charge is 0.481 e. The lowest BCUT2D eigenvalue weighted by Crippen LogP contribution is -2.13. The fourth-order valence-corrected chi connectivity index (χ4v) is 1.99. The molecule has 17 heavy (non-hydrogen) atoms. The van der Waals surface area contributed by atoms with Gasteiger partial charge in [0.2, 0.25) is 0 Å². The van der Waals surface area contributed by atoms with Crippen LogP contribution in [0, 0.1) is 0 Å². The number of aryl methyl sites for hydroxylation is 1. The van der Waals surface area contributed by atoms with Gasteiger partial charge in [-0.25, -0.2) is 0 Å². The van der Waals surface area contributed by atoms with Gasteiger partial charge in [0.05, 0.1) is 0 Å². The summed E-state index contributed by atoms with van der Waals surface area (Å²) >= 11 is 0. The molecule has 0 heterocycles. The van der Waals surface area contributed by atoms with E-state index in [0.29, 0.717) is 12.5 Å². The third-order valence-electron chi connectivity index (χ3n) is 2.95. The molecule has 1 aromatic carbocycles. The lowest BCUT2D eigenvalue weighted by molar-refractivity contribution is -0.136. The minimum atomic E-state index is -0.747. The number of aliphatic carboxylic acids is 1. The van der Waals surface area contributed by atoms with Crippen LogP contribution < -0.4 is 5.32 Å². The molecule has 90 valence electrons. The van der Waals surface area contributed by atoms with Gasteiger partial charge in [0.1, 0.15) is 0 Å². The summed E-state index contributed by atoms with van der Waals surface area (Å²) in [6.45, 7) is 0. The molecule has 3 nitrogen and oxygen atoms in total. The summed E-state index contributed by atoms with van der Waals surface area (Å²) in [4.78, 5) is 10.4. The molecule has 0 amide bonds. The first kappa shape index (κ1) is 11.7. The lowest BCUT2D eigenvalue weighted by Gasteiger charge is -2.12. The van der Waals surface area contributed by atoms with Gasteiger partial charge in [-0.15, -0.1) is 0 Å². The molecule has 1 aromatic rings. The Hall–Kier alpha value is -1.77. The first-order valence-electron chi connectivity index (χ1n) is 5.98. The van der Waals surface area contributed by atoms with Gasteiger partial charge in [-0.05, 0) is 37.0 Å². The highest BCUT2D eigenvalue weighted by atomic mass is 16.4. The van der Waals surface area contributed by atoms with E-state index in [1.54, 1.807) is 0 Å². The second kappa shape index (κ2) is 5.53. The van der Waals surface area contributed by atoms with Crippen LogP contribution >= 0.6 is 0 Å². The summed E-state index contributed by atoms with van der Waals surface area (Å²) in [6.07, 6.45) is 7.48. The number of carboxylic acid groups (broad SMARTS) is 1. The number of benzene rings is 1. The summed E-state index contributed by atoms with van der Waals surface area (Å²) in [7, 11) is 0. The molecule has 1 atom stereocenters. The average molecular weight is 231 g/mol. The van der Waals surface area contributed by atoms with Crippen LogP contribution in [0.1, 0.15) is 24.8 Å². The Labute approximate surface area is 101 Å². The Kier molecular flexibility index (Phi) is 3.81. The monoisotopic (exact) mass is 231 g/mol. The van der Waals surface area contributed by atoms with Crippen molar-refractivity contribution in [3.63, 3.8) is 0 Å². The van der Waals surface area contributed by atoms with E-state index in [2.05, 4.69) is 17.5 Å². The minimum absolute atomic E-state index is 0.193. The molecule has 0 saturated carbocycles. The Balaban J connectivity index is 1.88. The molecule has 0 radical (unpaired) electrons. The zero-order valence-corrected chi connectivity index (χ0v) is 9.73. The molecular weight excluding hydrogens is 214 g/mol. The fourth-order valence-electron chi connectivity index (χ4n) is 1.99. The first-order valence-corrected chi connectivity index (χ1v) is 5.98. The van der Waals surface area contributed by atoms with Gasteiger partial charge >= 0.3 is 5.97 Å². The number of nitrogens with one attached hydrogen (secondary N) is 1. The van der Waals surface area contributed by atoms with E-state index in [1.807, 2.05) is 24.3 Å². The average Bonchev–Trinajstić information content (AvgIpc) is 2.81. The van der Waals surface area contributed by atoms with Crippen molar-refractivity contribution in [3.05, 3.63) is 42.0 Å². The van der Waals surface area contributed by atoms with E-state index in [0.717, 1.165) is 24.1 Å². The zero-order valence-electron chi connectivity index (χ0n) is 9.73. The maximum Gasteiger partial charge on any atom is 0.303 e. The molecule has 0 spiro atoms. The summed E-state index contributed by atoms with van der Waals surface area (Å²) in [5.74, 6) is -0.747. The number of hydrogen-bond acceptors (Lipinski definition) is 2. The highest BCUT2D eigenvalue weighted by Crippen LogP contribution is 2.17. The molecule has 0 bridgehead atoms. The third kappa shape index (κ3) is 3.63. The van der Waals surface area contributed by atoms with Crippen LogP contribution in [0.25, 0.3) is 0 Å². The van der Waals surface area contributed by atoms with Crippen LogP contribution in [0.4, 0.5) is 5.69 Å². The van der Waals surface area contributed by atoms with E-state index < -0.39 is 5.97 Å². The first-order chi connectivity index (χ1) is 8.24. The molecule has 0 aliphatic heterocycles. The molecule has 0 aromatic heterocycles. The third-order valence-corrected chi connectivity index (χ3v) is 2.95. The standard InChI is InChI=1S/C14H17NO2/c16-14(17)10-7-11-5-8-13(9-6-11)15-12-3-1-2-4-12/h1,3,5-6,8-9,12,15H,2,4,7,10H2,(H,16,17). The SMILES string of the molecule is O=C(O)CCc1ccc(NC2C=CCC2)cc1. The van der Waals surface area contributed by atoms with Crippen molar-refractivity contribution in [2.45, 2.75) is 31.7 Å². The predicted octanol–water partition coefficient (Wildman–Crippen LogP) is 2.83. The number of rotatable bonds is 5. The topological polar surface area (TPSA) is 49.3 Å². The van der Waals surface area contributed by atoms with Gasteiger partial charge in [0.15, 0.2) is 0 Å². The Morgan fingerprint density at radius 1 is 1.35 bits per heavy atom. The molecular formula is C14H17NO2. The van der Waals surface area contributed by atoms with Gasteiger partial charge in [-0.1, -0.05) is 24.3 Å². The quantitative estimate of drug-likeness (QED) is 0.766. The van der Waals surface area contributed by atoms with Crippen molar-refractivity contribution in [3.8, 4) is 0 Å². The molecule has 0 fully saturated rings. The maximum atomic E-state index is 10.4. The van der Waals surface area contributed by atoms with E-state index in [1.165, 1.54) is 0 Å².